The Bertz CT molecular complexity index is 1690. The summed E-state index contributed by atoms with van der Waals surface area (Å²) in [7, 11) is -4.05. The van der Waals surface area contributed by atoms with Gasteiger partial charge in [0.15, 0.2) is 5.65 Å². The largest absolute Gasteiger partial charge is 0.493 e. The number of anilines is 2. The smallest absolute Gasteiger partial charge is 0.297 e. The Balaban J connectivity index is 1.41. The normalized spacial score (nSPS) is 14.7. The first-order valence-corrected chi connectivity index (χ1v) is 13.4. The first-order valence-electron chi connectivity index (χ1n) is 12.0. The van der Waals surface area contributed by atoms with E-state index in [4.69, 9.17) is 4.18 Å². The van der Waals surface area contributed by atoms with Crippen molar-refractivity contribution in [3.05, 3.63) is 71.2 Å². The number of benzene rings is 1. The van der Waals surface area contributed by atoms with Crippen LogP contribution < -0.4 is 10.6 Å². The number of hydrogen-bond acceptors (Lipinski definition) is 9. The third kappa shape index (κ3) is 5.38. The van der Waals surface area contributed by atoms with Gasteiger partial charge in [0, 0.05) is 17.4 Å². The van der Waals surface area contributed by atoms with E-state index in [1.807, 2.05) is 0 Å². The highest BCUT2D eigenvalue weighted by Crippen LogP contribution is 2.29. The zero-order chi connectivity index (χ0) is 27.9. The van der Waals surface area contributed by atoms with E-state index in [0.29, 0.717) is 18.4 Å². The lowest BCUT2D eigenvalue weighted by Gasteiger charge is -2.24. The maximum Gasteiger partial charge on any atom is 0.297 e. The summed E-state index contributed by atoms with van der Waals surface area (Å²) >= 11 is 0. The van der Waals surface area contributed by atoms with Crippen molar-refractivity contribution in [2.45, 2.75) is 50.2 Å². The minimum Gasteiger partial charge on any atom is -0.493 e. The predicted molar refractivity (Wildman–Crippen MR) is 136 cm³/mol. The summed E-state index contributed by atoms with van der Waals surface area (Å²) in [5, 5.41) is 19.1. The molecule has 1 aromatic carbocycles. The minimum absolute atomic E-state index is 0.126. The fourth-order valence-electron chi connectivity index (χ4n) is 4.02. The zero-order valence-corrected chi connectivity index (χ0v) is 21.7. The van der Waals surface area contributed by atoms with Crippen LogP contribution in [0.1, 0.15) is 53.7 Å². The van der Waals surface area contributed by atoms with Crippen molar-refractivity contribution < 1.29 is 31.3 Å². The number of rotatable bonds is 8. The summed E-state index contributed by atoms with van der Waals surface area (Å²) in [4.78, 5) is 20.9. The van der Waals surface area contributed by atoms with Gasteiger partial charge >= 0.3 is 0 Å². The Morgan fingerprint density at radius 1 is 1.23 bits per heavy atom. The highest BCUT2D eigenvalue weighted by molar-refractivity contribution is 7.86. The number of carbonyl (C=O) groups is 1. The van der Waals surface area contributed by atoms with Crippen molar-refractivity contribution in [3.8, 4) is 5.88 Å². The number of amides is 1. The number of aryl methyl sites for hydroxylation is 1. The molecule has 1 saturated carbocycles. The lowest BCUT2D eigenvalue weighted by Crippen LogP contribution is -2.25. The van der Waals surface area contributed by atoms with Crippen molar-refractivity contribution in [2.75, 3.05) is 10.6 Å². The van der Waals surface area contributed by atoms with Crippen LogP contribution in [0.15, 0.2) is 47.6 Å². The molecule has 1 atom stereocenters. The van der Waals surface area contributed by atoms with E-state index in [9.17, 15) is 27.1 Å². The lowest BCUT2D eigenvalue weighted by molar-refractivity contribution is 0.102. The number of aromatic hydroxyl groups is 1. The molecule has 1 fully saturated rings. The average Bonchev–Trinajstić information content (AvgIpc) is 3.19. The van der Waals surface area contributed by atoms with E-state index in [1.165, 1.54) is 30.5 Å². The number of nitrogens with one attached hydrogen (secondary N) is 2. The van der Waals surface area contributed by atoms with E-state index in [1.54, 1.807) is 13.8 Å². The molecule has 4 aromatic rings. The lowest BCUT2D eigenvalue weighted by atomic mass is 9.97. The Hall–Kier alpha value is -4.17. The van der Waals surface area contributed by atoms with Crippen LogP contribution in [0, 0.1) is 18.7 Å². The summed E-state index contributed by atoms with van der Waals surface area (Å²) in [6.07, 6.45) is 4.10. The first-order chi connectivity index (χ1) is 18.5. The molecule has 1 aliphatic carbocycles. The molecule has 5 rings (SSSR count). The molecule has 1 aliphatic rings. The van der Waals surface area contributed by atoms with Crippen LogP contribution >= 0.6 is 0 Å². The van der Waals surface area contributed by atoms with Crippen LogP contribution in [0.2, 0.25) is 0 Å². The quantitative estimate of drug-likeness (QED) is 0.272. The molecule has 3 aromatic heterocycles. The zero-order valence-electron chi connectivity index (χ0n) is 20.9. The molecule has 204 valence electrons. The van der Waals surface area contributed by atoms with Crippen molar-refractivity contribution in [3.63, 3.8) is 0 Å². The second kappa shape index (κ2) is 10.2. The summed E-state index contributed by atoms with van der Waals surface area (Å²) < 4.78 is 60.0. The van der Waals surface area contributed by atoms with Crippen LogP contribution in [-0.2, 0) is 14.3 Å². The molecule has 0 saturated heterocycles. The van der Waals surface area contributed by atoms with E-state index < -0.39 is 39.4 Å². The van der Waals surface area contributed by atoms with E-state index >= 15 is 0 Å². The molecule has 3 N–H and O–H groups in total. The van der Waals surface area contributed by atoms with Crippen molar-refractivity contribution in [2.24, 2.45) is 0 Å². The van der Waals surface area contributed by atoms with Gasteiger partial charge in [-0.25, -0.2) is 18.9 Å². The van der Waals surface area contributed by atoms with Crippen LogP contribution in [0.3, 0.4) is 0 Å². The van der Waals surface area contributed by atoms with E-state index in [2.05, 4.69) is 25.7 Å². The van der Waals surface area contributed by atoms with Crippen molar-refractivity contribution in [1.82, 2.24) is 19.6 Å². The van der Waals surface area contributed by atoms with Gasteiger partial charge in [0.05, 0.1) is 23.2 Å². The molecule has 39 heavy (non-hydrogen) atoms. The monoisotopic (exact) mass is 558 g/mol. The number of aromatic nitrogens is 4. The molecule has 0 unspecified atom stereocenters. The number of hydrogen-bond donors (Lipinski definition) is 3. The standard InChI is InChI=1S/C25H24F2N6O5S/c1-13-6-7-17(39(36,37)38-16-4-3-5-16)11-19(13)30-25(35)21-22(27)32-33-9-8-20(31-23(21)33)29-14(2)18-10-15(26)12-28-24(18)34/h6-12,14,16H,3-5H2,1-2H3,(H,28,34)(H,29,31)(H,30,35)/t14-/m1/s1. The number of pyridine rings is 1. The van der Waals surface area contributed by atoms with Crippen LogP contribution in [0.4, 0.5) is 20.3 Å². The summed E-state index contributed by atoms with van der Waals surface area (Å²) in [6.45, 7) is 3.29. The van der Waals surface area contributed by atoms with Gasteiger partial charge < -0.3 is 15.7 Å². The molecular weight excluding hydrogens is 534 g/mol. The fraction of sp³-hybridized carbons (Fsp3) is 0.280. The van der Waals surface area contributed by atoms with Gasteiger partial charge in [-0.15, -0.1) is 5.10 Å². The third-order valence-electron chi connectivity index (χ3n) is 6.42. The van der Waals surface area contributed by atoms with E-state index in [-0.39, 0.29) is 39.6 Å². The van der Waals surface area contributed by atoms with Gasteiger partial charge in [0.2, 0.25) is 11.8 Å². The molecule has 11 nitrogen and oxygen atoms in total. The van der Waals surface area contributed by atoms with Crippen molar-refractivity contribution in [1.29, 1.82) is 0 Å². The molecule has 1 amide bonds. The van der Waals surface area contributed by atoms with Crippen LogP contribution in [-0.4, -0.2) is 45.1 Å². The summed E-state index contributed by atoms with van der Waals surface area (Å²) in [5.41, 5.74) is 0.254. The minimum atomic E-state index is -4.05. The van der Waals surface area contributed by atoms with Gasteiger partial charge in [0.25, 0.3) is 16.0 Å². The molecule has 0 bridgehead atoms. The van der Waals surface area contributed by atoms with Gasteiger partial charge in [-0.1, -0.05) is 6.07 Å². The van der Waals surface area contributed by atoms with Crippen LogP contribution in [0.25, 0.3) is 5.65 Å². The van der Waals surface area contributed by atoms with Crippen molar-refractivity contribution >= 4 is 33.2 Å². The Morgan fingerprint density at radius 2 is 2.00 bits per heavy atom. The Labute approximate surface area is 222 Å². The molecule has 3 heterocycles. The highest BCUT2D eigenvalue weighted by atomic mass is 32.2. The van der Waals surface area contributed by atoms with Gasteiger partial charge in [-0.05, 0) is 62.9 Å². The summed E-state index contributed by atoms with van der Waals surface area (Å²) in [5.74, 6) is -2.81. The second-order valence-electron chi connectivity index (χ2n) is 9.21. The fourth-order valence-corrected chi connectivity index (χ4v) is 5.18. The topological polar surface area (TPSA) is 148 Å². The third-order valence-corrected chi connectivity index (χ3v) is 7.78. The Morgan fingerprint density at radius 3 is 2.72 bits per heavy atom. The molecule has 0 spiro atoms. The average molecular weight is 559 g/mol. The van der Waals surface area contributed by atoms with Gasteiger partial charge in [0.1, 0.15) is 17.2 Å². The predicted octanol–water partition coefficient (Wildman–Crippen LogP) is 4.10. The Kier molecular flexibility index (Phi) is 6.91. The SMILES string of the molecule is Cc1ccc(S(=O)(=O)OC2CCC2)cc1NC(=O)c1c(F)nn2ccc(N[C@H](C)c3cc(F)cnc3O)nc12. The second-order valence-corrected chi connectivity index (χ2v) is 10.8. The summed E-state index contributed by atoms with van der Waals surface area (Å²) in [6, 6.07) is 6.07. The number of fused-ring (bicyclic) bond motifs is 1. The van der Waals surface area contributed by atoms with Gasteiger partial charge in [-0.3, -0.25) is 8.98 Å². The first kappa shape index (κ1) is 26.4. The molecule has 14 heteroatoms. The maximum atomic E-state index is 14.8. The van der Waals surface area contributed by atoms with E-state index in [0.717, 1.165) is 23.2 Å². The maximum absolute atomic E-state index is 14.8. The van der Waals surface area contributed by atoms with Crippen LogP contribution in [0.5, 0.6) is 5.88 Å². The molecule has 0 radical (unpaired) electrons. The van der Waals surface area contributed by atoms with Gasteiger partial charge in [-0.2, -0.15) is 12.8 Å². The number of halogens is 2. The number of nitrogens with zero attached hydrogens (tertiary/aromatic N) is 4. The number of carbonyl (C=O) groups excluding carboxylic acids is 1. The molecular formula is C25H24F2N6O5S. The highest BCUT2D eigenvalue weighted by Gasteiger charge is 2.28. The molecule has 0 aliphatic heterocycles.